The molecule has 9 heteroatoms. The largest absolute Gasteiger partial charge is 0.497 e. The Morgan fingerprint density at radius 3 is 2.66 bits per heavy atom. The van der Waals surface area contributed by atoms with Crippen LogP contribution in [0.1, 0.15) is 21.6 Å². The minimum absolute atomic E-state index is 0.204. The monoisotopic (exact) mass is 486 g/mol. The number of amides is 1. The third kappa shape index (κ3) is 4.00. The quantitative estimate of drug-likeness (QED) is 0.380. The highest BCUT2D eigenvalue weighted by Gasteiger charge is 2.17. The first-order valence-corrected chi connectivity index (χ1v) is 11.6. The molecule has 35 heavy (non-hydrogen) atoms. The number of aromatic nitrogens is 3. The molecule has 3 aromatic heterocycles. The fourth-order valence-corrected chi connectivity index (χ4v) is 5.23. The summed E-state index contributed by atoms with van der Waals surface area (Å²) in [6.45, 7) is 3.93. The summed E-state index contributed by atoms with van der Waals surface area (Å²) in [5, 5.41) is 3.76. The normalized spacial score (nSPS) is 11.1. The molecule has 0 aliphatic heterocycles. The van der Waals surface area contributed by atoms with E-state index < -0.39 is 0 Å². The van der Waals surface area contributed by atoms with E-state index in [1.54, 1.807) is 49.6 Å². The maximum atomic E-state index is 13.4. The first kappa shape index (κ1) is 22.5. The van der Waals surface area contributed by atoms with E-state index in [0.29, 0.717) is 38.7 Å². The van der Waals surface area contributed by atoms with E-state index in [1.807, 2.05) is 19.9 Å². The number of anilines is 1. The molecular formula is C26H22N4O4S. The van der Waals surface area contributed by atoms with Crippen molar-refractivity contribution in [1.29, 1.82) is 0 Å². The first-order valence-electron chi connectivity index (χ1n) is 10.8. The molecule has 8 nitrogen and oxygen atoms in total. The molecule has 1 N–H and O–H groups in total. The summed E-state index contributed by atoms with van der Waals surface area (Å²) in [6, 6.07) is 13.9. The minimum atomic E-state index is -0.338. The molecule has 0 bridgehead atoms. The lowest BCUT2D eigenvalue weighted by atomic mass is 10.1. The van der Waals surface area contributed by atoms with Crippen LogP contribution >= 0.6 is 11.3 Å². The molecular weight excluding hydrogens is 464 g/mol. The van der Waals surface area contributed by atoms with Gasteiger partial charge in [0.15, 0.2) is 0 Å². The number of methoxy groups -OCH3 is 2. The molecule has 0 aliphatic carbocycles. The van der Waals surface area contributed by atoms with Gasteiger partial charge in [0, 0.05) is 22.7 Å². The van der Waals surface area contributed by atoms with Gasteiger partial charge in [0.2, 0.25) is 0 Å². The Hall–Kier alpha value is -4.24. The van der Waals surface area contributed by atoms with Crippen molar-refractivity contribution in [2.24, 2.45) is 0 Å². The molecule has 5 aromatic rings. The summed E-state index contributed by atoms with van der Waals surface area (Å²) < 4.78 is 12.5. The van der Waals surface area contributed by atoms with Gasteiger partial charge in [-0.05, 0) is 55.8 Å². The van der Waals surface area contributed by atoms with Crippen LogP contribution in [0.2, 0.25) is 0 Å². The van der Waals surface area contributed by atoms with E-state index >= 15 is 0 Å². The standard InChI is InChI=1S/C26H22N4O4S/c1-14-10-15(2)28-25-21(14)22-23(35-25)26(32)30(13-27-22)17-7-5-6-16(11-17)24(31)29-19-9-8-18(33-3)12-20(19)34-4/h5-13H,1-4H3,(H,29,31). The van der Waals surface area contributed by atoms with Gasteiger partial charge in [0.05, 0.1) is 31.1 Å². The highest BCUT2D eigenvalue weighted by Crippen LogP contribution is 2.32. The smallest absolute Gasteiger partial charge is 0.275 e. The highest BCUT2D eigenvalue weighted by molar-refractivity contribution is 7.25. The predicted molar refractivity (Wildman–Crippen MR) is 137 cm³/mol. The molecule has 0 saturated carbocycles. The minimum Gasteiger partial charge on any atom is -0.497 e. The molecule has 1 amide bonds. The van der Waals surface area contributed by atoms with Crippen LogP contribution in [0.15, 0.2) is 59.7 Å². The number of benzene rings is 2. The van der Waals surface area contributed by atoms with Crippen molar-refractivity contribution in [1.82, 2.24) is 14.5 Å². The SMILES string of the molecule is COc1ccc(NC(=O)c2cccc(-n3cnc4c(sc5nc(C)cc(C)c54)c3=O)c2)c(OC)c1. The number of carbonyl (C=O) groups is 1. The zero-order valence-corrected chi connectivity index (χ0v) is 20.4. The van der Waals surface area contributed by atoms with E-state index in [9.17, 15) is 9.59 Å². The Morgan fingerprint density at radius 2 is 1.89 bits per heavy atom. The van der Waals surface area contributed by atoms with Crippen molar-refractivity contribution in [2.45, 2.75) is 13.8 Å². The second-order valence-corrected chi connectivity index (χ2v) is 9.03. The number of nitrogens with one attached hydrogen (secondary N) is 1. The van der Waals surface area contributed by atoms with E-state index in [-0.39, 0.29) is 11.5 Å². The third-order valence-corrected chi connectivity index (χ3v) is 6.78. The van der Waals surface area contributed by atoms with Crippen LogP contribution in [0, 0.1) is 13.8 Å². The Morgan fingerprint density at radius 1 is 1.06 bits per heavy atom. The molecule has 0 unspecified atom stereocenters. The van der Waals surface area contributed by atoms with Crippen LogP contribution in [0.25, 0.3) is 26.1 Å². The molecule has 5 rings (SSSR count). The van der Waals surface area contributed by atoms with Gasteiger partial charge >= 0.3 is 0 Å². The summed E-state index contributed by atoms with van der Waals surface area (Å²) in [4.78, 5) is 36.3. The Labute approximate surface area is 204 Å². The maximum absolute atomic E-state index is 13.4. The first-order chi connectivity index (χ1) is 16.9. The molecule has 2 aromatic carbocycles. The van der Waals surface area contributed by atoms with E-state index in [2.05, 4.69) is 15.3 Å². The molecule has 0 spiro atoms. The molecule has 0 saturated heterocycles. The van der Waals surface area contributed by atoms with Crippen LogP contribution < -0.4 is 20.3 Å². The van der Waals surface area contributed by atoms with Crippen molar-refractivity contribution in [2.75, 3.05) is 19.5 Å². The summed E-state index contributed by atoms with van der Waals surface area (Å²) in [6.07, 6.45) is 1.50. The van der Waals surface area contributed by atoms with Gasteiger partial charge in [-0.3, -0.25) is 14.2 Å². The summed E-state index contributed by atoms with van der Waals surface area (Å²) in [5.74, 6) is 0.754. The number of aryl methyl sites for hydroxylation is 2. The van der Waals surface area contributed by atoms with Crippen LogP contribution in [0.3, 0.4) is 0 Å². The van der Waals surface area contributed by atoms with Gasteiger partial charge in [-0.2, -0.15) is 0 Å². The van der Waals surface area contributed by atoms with Crippen LogP contribution in [-0.4, -0.2) is 34.7 Å². The van der Waals surface area contributed by atoms with Gasteiger partial charge < -0.3 is 14.8 Å². The number of hydrogen-bond acceptors (Lipinski definition) is 7. The van der Waals surface area contributed by atoms with E-state index in [0.717, 1.165) is 21.5 Å². The topological polar surface area (TPSA) is 95.3 Å². The number of ether oxygens (including phenoxy) is 2. The average molecular weight is 487 g/mol. The van der Waals surface area contributed by atoms with Crippen molar-refractivity contribution in [3.8, 4) is 17.2 Å². The van der Waals surface area contributed by atoms with Crippen molar-refractivity contribution in [3.63, 3.8) is 0 Å². The van der Waals surface area contributed by atoms with Gasteiger partial charge in [0.25, 0.3) is 11.5 Å². The number of nitrogens with zero attached hydrogens (tertiary/aromatic N) is 3. The lowest BCUT2D eigenvalue weighted by molar-refractivity contribution is 0.102. The van der Waals surface area contributed by atoms with Gasteiger partial charge in [-0.15, -0.1) is 11.3 Å². The van der Waals surface area contributed by atoms with E-state index in [1.165, 1.54) is 29.3 Å². The maximum Gasteiger partial charge on any atom is 0.275 e. The lowest BCUT2D eigenvalue weighted by Gasteiger charge is -2.12. The van der Waals surface area contributed by atoms with Crippen LogP contribution in [0.4, 0.5) is 5.69 Å². The van der Waals surface area contributed by atoms with Crippen molar-refractivity contribution >= 4 is 43.4 Å². The van der Waals surface area contributed by atoms with E-state index in [4.69, 9.17) is 9.47 Å². The van der Waals surface area contributed by atoms with Gasteiger partial charge in [-0.25, -0.2) is 9.97 Å². The fraction of sp³-hybridized carbons (Fsp3) is 0.154. The second kappa shape index (κ2) is 8.84. The lowest BCUT2D eigenvalue weighted by Crippen LogP contribution is -2.19. The zero-order chi connectivity index (χ0) is 24.7. The summed E-state index contributed by atoms with van der Waals surface area (Å²) in [5.41, 5.74) is 3.81. The number of rotatable bonds is 5. The molecule has 3 heterocycles. The number of pyridine rings is 1. The number of hydrogen-bond donors (Lipinski definition) is 1. The van der Waals surface area contributed by atoms with Gasteiger partial charge in [-0.1, -0.05) is 6.07 Å². The fourth-order valence-electron chi connectivity index (χ4n) is 4.05. The predicted octanol–water partition coefficient (Wildman–Crippen LogP) is 4.88. The molecule has 0 radical (unpaired) electrons. The number of thiophene rings is 1. The van der Waals surface area contributed by atoms with Crippen LogP contribution in [-0.2, 0) is 0 Å². The number of carbonyl (C=O) groups excluding carboxylic acids is 1. The molecule has 0 fully saturated rings. The van der Waals surface area contributed by atoms with Crippen molar-refractivity contribution < 1.29 is 14.3 Å². The zero-order valence-electron chi connectivity index (χ0n) is 19.6. The Balaban J connectivity index is 1.52. The van der Waals surface area contributed by atoms with Crippen molar-refractivity contribution in [3.05, 3.63) is 82.0 Å². The Bertz CT molecular complexity index is 1670. The molecule has 0 aliphatic rings. The average Bonchev–Trinajstić information content (AvgIpc) is 3.24. The number of fused-ring (bicyclic) bond motifs is 3. The molecule has 176 valence electrons. The third-order valence-electron chi connectivity index (χ3n) is 5.72. The summed E-state index contributed by atoms with van der Waals surface area (Å²) in [7, 11) is 3.08. The molecule has 0 atom stereocenters. The highest BCUT2D eigenvalue weighted by atomic mass is 32.1. The summed E-state index contributed by atoms with van der Waals surface area (Å²) >= 11 is 1.33. The second-order valence-electron chi connectivity index (χ2n) is 8.03. The van der Waals surface area contributed by atoms with Crippen LogP contribution in [0.5, 0.6) is 11.5 Å². The van der Waals surface area contributed by atoms with Gasteiger partial charge in [0.1, 0.15) is 27.4 Å². The Kier molecular flexibility index (Phi) is 5.70.